The van der Waals surface area contributed by atoms with Crippen LogP contribution in [0.5, 0.6) is 11.5 Å². The first-order chi connectivity index (χ1) is 33.0. The average molecular weight is 922 g/mol. The van der Waals surface area contributed by atoms with E-state index in [9.17, 15) is 28.7 Å². The summed E-state index contributed by atoms with van der Waals surface area (Å²) in [6, 6.07) is 37.2. The number of carbonyl (C=O) groups is 4. The monoisotopic (exact) mass is 921 g/mol. The Morgan fingerprint density at radius 2 is 1.30 bits per heavy atom. The van der Waals surface area contributed by atoms with Gasteiger partial charge in [-0.3, -0.25) is 14.4 Å². The van der Waals surface area contributed by atoms with Crippen molar-refractivity contribution in [2.45, 2.75) is 89.8 Å². The number of furan rings is 1. The zero-order chi connectivity index (χ0) is 48.3. The van der Waals surface area contributed by atoms with E-state index in [1.165, 1.54) is 17.2 Å². The smallest absolute Gasteiger partial charge is 0.550 e. The van der Waals surface area contributed by atoms with Crippen LogP contribution in [0.4, 0.5) is 4.39 Å². The van der Waals surface area contributed by atoms with Crippen LogP contribution in [-0.4, -0.2) is 62.9 Å². The van der Waals surface area contributed by atoms with Gasteiger partial charge in [0.2, 0.25) is 5.95 Å². The number of pyridine rings is 1. The molecule has 0 radical (unpaired) electrons. The Labute approximate surface area is 415 Å². The number of nitrogens with zero attached hydrogens (tertiary/aromatic N) is 3. The van der Waals surface area contributed by atoms with Gasteiger partial charge in [-0.1, -0.05) is 78.9 Å². The van der Waals surface area contributed by atoms with Crippen LogP contribution in [0.25, 0.3) is 11.3 Å². The summed E-state index contributed by atoms with van der Waals surface area (Å²) in [5.41, 5.74) is 3.62. The van der Waals surface area contributed by atoms with Crippen LogP contribution in [-0.2, 0) is 29.2 Å². The van der Waals surface area contributed by atoms with E-state index in [1.54, 1.807) is 47.6 Å². The first-order valence-corrected chi connectivity index (χ1v) is 22.1. The van der Waals surface area contributed by atoms with E-state index in [1.807, 2.05) is 78.9 Å². The molecular weight excluding hydrogens is 865 g/mol. The summed E-state index contributed by atoms with van der Waals surface area (Å²) in [6.07, 6.45) is 8.67. The van der Waals surface area contributed by atoms with Crippen molar-refractivity contribution in [1.29, 1.82) is 0 Å². The fourth-order valence-corrected chi connectivity index (χ4v) is 6.90. The molecule has 4 aromatic carbocycles. The van der Waals surface area contributed by atoms with E-state index in [-0.39, 0.29) is 66.5 Å². The number of hydrogen-bond acceptors (Lipinski definition) is 9. The van der Waals surface area contributed by atoms with Crippen molar-refractivity contribution < 1.29 is 80.0 Å². The Bertz CT molecular complexity index is 2530. The molecule has 1 aliphatic rings. The molecule has 0 bridgehead atoms. The second-order valence-corrected chi connectivity index (χ2v) is 15.7. The number of unbranched alkanes of at least 4 members (excludes halogenated alkanes) is 4. The number of hydrogen-bond donors (Lipinski definition) is 1. The number of benzene rings is 4. The molecule has 1 fully saturated rings. The first-order valence-electron chi connectivity index (χ1n) is 23.3. The summed E-state index contributed by atoms with van der Waals surface area (Å²) in [5.74, 6) is -1.35. The van der Waals surface area contributed by atoms with Crippen molar-refractivity contribution in [3.63, 3.8) is 0 Å². The minimum absolute atomic E-state index is 0. The summed E-state index contributed by atoms with van der Waals surface area (Å²) in [5, 5.41) is 19.3. The Morgan fingerprint density at radius 3 is 1.87 bits per heavy atom. The van der Waals surface area contributed by atoms with Crippen molar-refractivity contribution in [2.75, 3.05) is 13.2 Å². The Morgan fingerprint density at radius 1 is 0.701 bits per heavy atom. The van der Waals surface area contributed by atoms with E-state index in [0.29, 0.717) is 67.1 Å². The van der Waals surface area contributed by atoms with Crippen LogP contribution in [0.2, 0.25) is 0 Å². The van der Waals surface area contributed by atoms with Crippen LogP contribution < -0.4 is 44.1 Å². The van der Waals surface area contributed by atoms with Gasteiger partial charge < -0.3 is 38.7 Å². The third kappa shape index (κ3) is 17.1. The quantitative estimate of drug-likeness (QED) is 0.0402. The number of ether oxygens (including phenoxy) is 2. The maximum atomic E-state index is 13.4. The summed E-state index contributed by atoms with van der Waals surface area (Å²) < 4.78 is 48.4. The number of aliphatic carboxylic acids is 2. The number of aromatic nitrogens is 1. The minimum Gasteiger partial charge on any atom is -0.550 e. The number of rotatable bonds is 24. The van der Waals surface area contributed by atoms with Crippen molar-refractivity contribution >= 4 is 23.8 Å². The second kappa shape index (κ2) is 27.4. The summed E-state index contributed by atoms with van der Waals surface area (Å²) >= 11 is 0. The molecule has 1 aliphatic carbocycles. The molecule has 2 atom stereocenters. The van der Waals surface area contributed by atoms with Gasteiger partial charge in [0, 0.05) is 66.5 Å². The van der Waals surface area contributed by atoms with Gasteiger partial charge in [0.1, 0.15) is 17.3 Å². The van der Waals surface area contributed by atoms with Crippen molar-refractivity contribution in [3.8, 4) is 22.8 Å². The SMILES string of the molecule is [2H]C(c1ccccc1OCCCCCC(=O)O)N(Cc1ccccc1)C(=O)c1ccc(F)nc1.[2H]C(c1ccccc1OCCCCCC(=O)[O-])N(C(=O)c1ccc(-c2ccco2)cc1)C1CC1.[Na+]. The van der Waals surface area contributed by atoms with Crippen molar-refractivity contribution in [2.24, 2.45) is 0 Å². The molecule has 14 heteroatoms. The van der Waals surface area contributed by atoms with Gasteiger partial charge >= 0.3 is 35.5 Å². The number of para-hydroxylation sites is 2. The number of carbonyl (C=O) groups excluding carboxylic acids is 3. The molecule has 7 rings (SSSR count). The van der Waals surface area contributed by atoms with Gasteiger partial charge in [-0.05, 0) is 112 Å². The molecule has 0 saturated heterocycles. The number of carboxylic acid groups (broad SMARTS) is 2. The molecule has 2 amide bonds. The van der Waals surface area contributed by atoms with Gasteiger partial charge in [0.25, 0.3) is 11.8 Å². The molecule has 0 aliphatic heterocycles. The third-order valence-corrected chi connectivity index (χ3v) is 10.5. The number of carboxylic acids is 2. The Balaban J connectivity index is 0.000000254. The van der Waals surface area contributed by atoms with Gasteiger partial charge in [0.05, 0.1) is 27.8 Å². The average Bonchev–Trinajstić information content (AvgIpc) is 4.03. The van der Waals surface area contributed by atoms with Gasteiger partial charge in [-0.25, -0.2) is 4.98 Å². The zero-order valence-corrected chi connectivity index (χ0v) is 39.6. The zero-order valence-electron chi connectivity index (χ0n) is 39.6. The first kappa shape index (κ1) is 48.6. The number of amides is 2. The molecule has 1 N–H and O–H groups in total. The second-order valence-electron chi connectivity index (χ2n) is 15.7. The summed E-state index contributed by atoms with van der Waals surface area (Å²) in [6.45, 7) is -1.00. The molecule has 0 spiro atoms. The largest absolute Gasteiger partial charge is 1.00 e. The minimum atomic E-state index is -1.08. The van der Waals surface area contributed by atoms with Crippen LogP contribution >= 0.6 is 0 Å². The van der Waals surface area contributed by atoms with E-state index in [2.05, 4.69) is 4.98 Å². The molecule has 2 aromatic heterocycles. The fourth-order valence-electron chi connectivity index (χ4n) is 6.90. The Kier molecular flexibility index (Phi) is 19.9. The molecule has 2 unspecified atom stereocenters. The van der Waals surface area contributed by atoms with Crippen molar-refractivity contribution in [1.82, 2.24) is 14.8 Å². The number of halogens is 1. The van der Waals surface area contributed by atoms with E-state index < -0.39 is 36.8 Å². The van der Waals surface area contributed by atoms with Gasteiger partial charge in [-0.2, -0.15) is 4.39 Å². The van der Waals surface area contributed by atoms with Crippen LogP contribution in [0.15, 0.2) is 144 Å². The molecule has 2 heterocycles. The predicted octanol–water partition coefficient (Wildman–Crippen LogP) is 6.53. The standard InChI is InChI=1S/C27H29NO5.C26H27FN2O4.Na/c29-26(30)10-2-1-5-17-32-25-8-4-3-7-22(25)19-28(23-15-16-23)27(31)21-13-11-20(12-14-21)24-9-6-18-33-24;27-24-15-14-21(17-28-24)26(32)29(18-20-9-3-1-4-10-20)19-22-11-6-7-12-23(22)33-16-8-2-5-13-25(30)31;/h3-4,6-9,11-14,18,23H,1-2,5,10,15-17,19H2,(H,29,30);1,3-4,6-7,9-12,14-15,17H,2,5,8,13,16,18-19H2,(H,30,31);/q;;+1/p-1/i2*19D;. The van der Waals surface area contributed by atoms with Crippen molar-refractivity contribution in [3.05, 3.63) is 174 Å². The molecule has 12 nitrogen and oxygen atoms in total. The van der Waals surface area contributed by atoms with E-state index >= 15 is 0 Å². The van der Waals surface area contributed by atoms with E-state index in [0.717, 1.165) is 48.6 Å². The van der Waals surface area contributed by atoms with Crippen LogP contribution in [0, 0.1) is 5.95 Å². The summed E-state index contributed by atoms with van der Waals surface area (Å²) in [4.78, 5) is 54.5. The van der Waals surface area contributed by atoms with Gasteiger partial charge in [0.15, 0.2) is 0 Å². The third-order valence-electron chi connectivity index (χ3n) is 10.5. The molecule has 67 heavy (non-hydrogen) atoms. The maximum absolute atomic E-state index is 13.4. The van der Waals surface area contributed by atoms with E-state index in [4.69, 9.17) is 21.7 Å². The Hall–Kier alpha value is -6.28. The molecular formula is C53H55FN3NaO9. The van der Waals surface area contributed by atoms with Crippen LogP contribution in [0.3, 0.4) is 0 Å². The topological polar surface area (TPSA) is 163 Å². The maximum Gasteiger partial charge on any atom is 1.00 e. The predicted molar refractivity (Wildman–Crippen MR) is 245 cm³/mol. The summed E-state index contributed by atoms with van der Waals surface area (Å²) in [7, 11) is 0. The van der Waals surface area contributed by atoms with Gasteiger partial charge in [-0.15, -0.1) is 0 Å². The molecule has 6 aromatic rings. The van der Waals surface area contributed by atoms with Crippen LogP contribution in [0.1, 0.15) is 104 Å². The molecule has 344 valence electrons. The fraction of sp³-hybridized carbons (Fsp3) is 0.302. The normalized spacial score (nSPS) is 13.0. The molecule has 1 saturated carbocycles.